The van der Waals surface area contributed by atoms with Crippen LogP contribution in [0.5, 0.6) is 0 Å². The normalized spacial score (nSPS) is 33.8. The van der Waals surface area contributed by atoms with E-state index in [4.69, 9.17) is 8.85 Å². The number of rotatable bonds is 6. The molecular weight excluding hydrogens is 396 g/mol. The number of carbonyl (C=O) groups is 1. The first-order chi connectivity index (χ1) is 16.2. The van der Waals surface area contributed by atoms with Crippen LogP contribution in [0.3, 0.4) is 0 Å². The van der Waals surface area contributed by atoms with Crippen molar-refractivity contribution in [2.45, 2.75) is 110 Å². The molecule has 1 N–H and O–H groups in total. The number of esters is 1. The molecule has 0 aromatic heterocycles. The van der Waals surface area contributed by atoms with Gasteiger partial charge in [0, 0.05) is 10.5 Å². The van der Waals surface area contributed by atoms with Crippen molar-refractivity contribution in [3.05, 3.63) is 47.1 Å². The van der Waals surface area contributed by atoms with E-state index in [0.717, 1.165) is 55.2 Å². The van der Waals surface area contributed by atoms with Crippen molar-refractivity contribution in [3.63, 3.8) is 0 Å². The third-order valence-electron chi connectivity index (χ3n) is 7.32. The highest BCUT2D eigenvalue weighted by Gasteiger charge is 2.45. The summed E-state index contributed by atoms with van der Waals surface area (Å²) in [6, 6.07) is 0. The van der Waals surface area contributed by atoms with E-state index in [1.54, 1.807) is 0 Å². The van der Waals surface area contributed by atoms with Crippen LogP contribution >= 0.6 is 0 Å². The van der Waals surface area contributed by atoms with Crippen LogP contribution in [-0.4, -0.2) is 22.8 Å². The third-order valence-corrected chi connectivity index (χ3v) is 7.32. The molecule has 3 aliphatic rings. The minimum absolute atomic E-state index is 0.0225. The van der Waals surface area contributed by atoms with E-state index >= 15 is 0 Å². The Balaban J connectivity index is 1.77. The highest BCUT2D eigenvalue weighted by Crippen LogP contribution is 2.57. The summed E-state index contributed by atoms with van der Waals surface area (Å²) in [5.41, 5.74) is 3.11. The molecule has 0 aromatic rings. The highest BCUT2D eigenvalue weighted by atomic mass is 16.6. The average Bonchev–Trinajstić information content (AvgIpc) is 3.14. The number of fused-ring (bicyclic) bond motifs is 1. The summed E-state index contributed by atoms with van der Waals surface area (Å²) in [6.45, 7) is 9.80. The van der Waals surface area contributed by atoms with Crippen LogP contribution < -0.4 is 0 Å². The second kappa shape index (κ2) is 10.1. The molecule has 0 bridgehead atoms. The Kier molecular flexibility index (Phi) is 6.63. The van der Waals surface area contributed by atoms with Crippen LogP contribution in [-0.2, 0) is 9.53 Å². The number of hydrogen-bond donors (Lipinski definition) is 1. The molecule has 2 fully saturated rings. The molecule has 3 heteroatoms. The lowest BCUT2D eigenvalue weighted by Crippen LogP contribution is -2.32. The van der Waals surface area contributed by atoms with Crippen molar-refractivity contribution in [2.75, 3.05) is 0 Å². The van der Waals surface area contributed by atoms with Crippen LogP contribution in [0.2, 0.25) is 0 Å². The van der Waals surface area contributed by atoms with Gasteiger partial charge in [-0.25, -0.2) is 0 Å². The molecule has 0 amide bonds. The van der Waals surface area contributed by atoms with Gasteiger partial charge in [-0.3, -0.25) is 4.79 Å². The number of aliphatic hydroxyl groups excluding tert-OH is 1. The zero-order valence-corrected chi connectivity index (χ0v) is 20.5. The van der Waals surface area contributed by atoms with E-state index in [1.165, 1.54) is 5.57 Å². The van der Waals surface area contributed by atoms with E-state index in [-0.39, 0.29) is 23.9 Å². The standard InChI is InChI=1S/C29H44O3/c1-20-12-15-24(30)19-23(20)14-13-22-10-8-18-29(6)25(16-17-26(22)29)21(2)9-7-11-27(31)32-28(3,4)5/h13-14,16,21,24,26,30H,1,7-12,15,17-19H2,2-6H3/b22-13+,23-14-/t21-,24-,26+,29-/m1/s1/i6D3. The van der Waals surface area contributed by atoms with Crippen molar-refractivity contribution in [1.82, 2.24) is 0 Å². The lowest BCUT2D eigenvalue weighted by atomic mass is 9.62. The van der Waals surface area contributed by atoms with Gasteiger partial charge < -0.3 is 9.84 Å². The van der Waals surface area contributed by atoms with Crippen LogP contribution in [0.4, 0.5) is 0 Å². The summed E-state index contributed by atoms with van der Waals surface area (Å²) in [4.78, 5) is 12.1. The predicted molar refractivity (Wildman–Crippen MR) is 132 cm³/mol. The van der Waals surface area contributed by atoms with Crippen molar-refractivity contribution in [2.24, 2.45) is 17.3 Å². The lowest BCUT2D eigenvalue weighted by molar-refractivity contribution is -0.154. The minimum atomic E-state index is -2.09. The molecule has 0 aromatic carbocycles. The van der Waals surface area contributed by atoms with Crippen LogP contribution in [0.25, 0.3) is 0 Å². The van der Waals surface area contributed by atoms with Gasteiger partial charge in [0.2, 0.25) is 0 Å². The fourth-order valence-corrected chi connectivity index (χ4v) is 5.70. The Morgan fingerprint density at radius 3 is 2.91 bits per heavy atom. The molecule has 0 heterocycles. The van der Waals surface area contributed by atoms with E-state index in [0.29, 0.717) is 25.7 Å². The van der Waals surface area contributed by atoms with Gasteiger partial charge in [0.15, 0.2) is 0 Å². The number of hydrogen-bond acceptors (Lipinski definition) is 3. The monoisotopic (exact) mass is 443 g/mol. The van der Waals surface area contributed by atoms with E-state index in [2.05, 4.69) is 31.7 Å². The molecule has 0 radical (unpaired) electrons. The third kappa shape index (κ3) is 6.04. The van der Waals surface area contributed by atoms with Crippen LogP contribution in [0, 0.1) is 17.3 Å². The summed E-state index contributed by atoms with van der Waals surface area (Å²) in [5, 5.41) is 10.1. The Morgan fingerprint density at radius 2 is 2.19 bits per heavy atom. The van der Waals surface area contributed by atoms with Crippen LogP contribution in [0.15, 0.2) is 47.1 Å². The highest BCUT2D eigenvalue weighted by molar-refractivity contribution is 5.69. The van der Waals surface area contributed by atoms with Gasteiger partial charge in [0.05, 0.1) is 6.10 Å². The maximum absolute atomic E-state index is 12.1. The number of allylic oxidation sites excluding steroid dienone is 6. The van der Waals surface area contributed by atoms with E-state index in [1.807, 2.05) is 20.8 Å². The molecule has 2 saturated carbocycles. The van der Waals surface area contributed by atoms with Crippen molar-refractivity contribution in [1.29, 1.82) is 0 Å². The summed E-state index contributed by atoms with van der Waals surface area (Å²) < 4.78 is 31.3. The van der Waals surface area contributed by atoms with Crippen molar-refractivity contribution >= 4 is 5.97 Å². The second-order valence-electron chi connectivity index (χ2n) is 11.1. The lowest BCUT2D eigenvalue weighted by Gasteiger charge is -2.42. The van der Waals surface area contributed by atoms with Gasteiger partial charge in [0.1, 0.15) is 5.60 Å². The Labute approximate surface area is 199 Å². The Bertz CT molecular complexity index is 903. The zero-order valence-electron chi connectivity index (χ0n) is 23.5. The molecule has 3 aliphatic carbocycles. The minimum Gasteiger partial charge on any atom is -0.460 e. The first-order valence-corrected chi connectivity index (χ1v) is 12.4. The number of ether oxygens (including phenoxy) is 1. The van der Waals surface area contributed by atoms with Gasteiger partial charge in [-0.1, -0.05) is 55.3 Å². The quantitative estimate of drug-likeness (QED) is 0.348. The molecule has 0 saturated heterocycles. The molecule has 178 valence electrons. The average molecular weight is 444 g/mol. The van der Waals surface area contributed by atoms with Gasteiger partial charge in [-0.05, 0) is 101 Å². The SMILES string of the molecule is [2H]C([2H])([2H])[C@]12CCC/C(=C\C=C3\C[C@H](O)CCC3=C)[C@@H]1CC=C2[C@H](C)CCCC(=O)OC(C)(C)C. The zero-order chi connectivity index (χ0) is 26.0. The largest absolute Gasteiger partial charge is 0.460 e. The molecule has 3 rings (SSSR count). The fourth-order valence-electron chi connectivity index (χ4n) is 5.70. The Hall–Kier alpha value is -1.61. The van der Waals surface area contributed by atoms with Crippen molar-refractivity contribution < 1.29 is 18.8 Å². The first-order valence-electron chi connectivity index (χ1n) is 13.9. The number of carbonyl (C=O) groups excluding carboxylic acids is 1. The molecule has 3 nitrogen and oxygen atoms in total. The van der Waals surface area contributed by atoms with Gasteiger partial charge in [0.25, 0.3) is 0 Å². The van der Waals surface area contributed by atoms with Gasteiger partial charge in [-0.15, -0.1) is 0 Å². The number of aliphatic hydroxyl groups is 1. The molecular formula is C29H44O3. The maximum atomic E-state index is 12.1. The summed E-state index contributed by atoms with van der Waals surface area (Å²) >= 11 is 0. The smallest absolute Gasteiger partial charge is 0.306 e. The molecule has 0 spiro atoms. The van der Waals surface area contributed by atoms with Gasteiger partial charge in [-0.2, -0.15) is 0 Å². The van der Waals surface area contributed by atoms with Crippen LogP contribution in [0.1, 0.15) is 103 Å². The topological polar surface area (TPSA) is 46.5 Å². The summed E-state index contributed by atoms with van der Waals surface area (Å²) in [7, 11) is 0. The van der Waals surface area contributed by atoms with Gasteiger partial charge >= 0.3 is 5.97 Å². The van der Waals surface area contributed by atoms with E-state index in [9.17, 15) is 9.90 Å². The summed E-state index contributed by atoms with van der Waals surface area (Å²) in [5.74, 6) is -0.113. The molecule has 0 aliphatic heterocycles. The summed E-state index contributed by atoms with van der Waals surface area (Å²) in [6.07, 6.45) is 13.3. The maximum Gasteiger partial charge on any atom is 0.306 e. The first kappa shape index (κ1) is 21.0. The van der Waals surface area contributed by atoms with Crippen molar-refractivity contribution in [3.8, 4) is 0 Å². The molecule has 32 heavy (non-hydrogen) atoms. The second-order valence-corrected chi connectivity index (χ2v) is 11.1. The Morgan fingerprint density at radius 1 is 1.41 bits per heavy atom. The molecule has 4 atom stereocenters. The molecule has 0 unspecified atom stereocenters. The van der Waals surface area contributed by atoms with E-state index < -0.39 is 17.9 Å². The predicted octanol–water partition coefficient (Wildman–Crippen LogP) is 7.22. The fraction of sp³-hybridized carbons (Fsp3) is 0.690.